The summed E-state index contributed by atoms with van der Waals surface area (Å²) >= 11 is 0. The van der Waals surface area contributed by atoms with Crippen molar-refractivity contribution >= 4 is 0 Å². The molecule has 0 radical (unpaired) electrons. The fraction of sp³-hybridized carbons (Fsp3) is 0.625. The lowest BCUT2D eigenvalue weighted by Gasteiger charge is -2.22. The van der Waals surface area contributed by atoms with Gasteiger partial charge in [0.15, 0.2) is 0 Å². The van der Waals surface area contributed by atoms with E-state index in [1.54, 1.807) is 11.1 Å². The van der Waals surface area contributed by atoms with Gasteiger partial charge in [-0.25, -0.2) is 0 Å². The van der Waals surface area contributed by atoms with E-state index in [0.29, 0.717) is 12.0 Å². The molecule has 2 rings (SSSR count). The summed E-state index contributed by atoms with van der Waals surface area (Å²) in [5.41, 5.74) is 4.88. The van der Waals surface area contributed by atoms with Crippen molar-refractivity contribution in [3.8, 4) is 0 Å². The van der Waals surface area contributed by atoms with Crippen LogP contribution in [0.5, 0.6) is 0 Å². The van der Waals surface area contributed by atoms with E-state index in [1.807, 2.05) is 0 Å². The van der Waals surface area contributed by atoms with Gasteiger partial charge in [0, 0.05) is 6.04 Å². The second-order valence-corrected chi connectivity index (χ2v) is 6.39. The molecule has 1 aromatic carbocycles. The summed E-state index contributed by atoms with van der Waals surface area (Å²) in [6.07, 6.45) is 2.54. The van der Waals surface area contributed by atoms with Crippen LogP contribution < -0.4 is 5.32 Å². The molecule has 0 amide bonds. The van der Waals surface area contributed by atoms with Gasteiger partial charge in [-0.1, -0.05) is 39.0 Å². The molecule has 2 atom stereocenters. The zero-order valence-electron chi connectivity index (χ0n) is 11.8. The Morgan fingerprint density at radius 3 is 2.59 bits per heavy atom. The monoisotopic (exact) mass is 231 g/mol. The van der Waals surface area contributed by atoms with Gasteiger partial charge in [0.2, 0.25) is 0 Å². The molecular formula is C16H25N. The van der Waals surface area contributed by atoms with Crippen molar-refractivity contribution < 1.29 is 0 Å². The third-order valence-electron chi connectivity index (χ3n) is 4.19. The van der Waals surface area contributed by atoms with Gasteiger partial charge in [0.05, 0.1) is 0 Å². The molecule has 1 aromatic rings. The lowest BCUT2D eigenvalue weighted by molar-refractivity contribution is 0.492. The van der Waals surface area contributed by atoms with Gasteiger partial charge in [-0.3, -0.25) is 0 Å². The minimum atomic E-state index is 0.266. The largest absolute Gasteiger partial charge is 0.317 e. The normalized spacial score (nSPS) is 21.4. The maximum atomic E-state index is 3.39. The number of benzene rings is 1. The second kappa shape index (κ2) is 4.45. The standard InChI is InChI=1S/C16H25N/c1-11(17-5)14-8-6-12-10-13(16(2,3)4)7-9-15(12)14/h7,9-11,14,17H,6,8H2,1-5H3. The first-order valence-corrected chi connectivity index (χ1v) is 6.74. The Balaban J connectivity index is 2.32. The average molecular weight is 231 g/mol. The van der Waals surface area contributed by atoms with Crippen LogP contribution in [0.25, 0.3) is 0 Å². The predicted octanol–water partition coefficient (Wildman–Crippen LogP) is 3.62. The van der Waals surface area contributed by atoms with Crippen LogP contribution in [-0.2, 0) is 11.8 Å². The summed E-state index contributed by atoms with van der Waals surface area (Å²) in [5, 5.41) is 3.39. The Hall–Kier alpha value is -0.820. The highest BCUT2D eigenvalue weighted by Gasteiger charge is 2.27. The molecule has 0 bridgehead atoms. The van der Waals surface area contributed by atoms with Crippen LogP contribution in [0.4, 0.5) is 0 Å². The predicted molar refractivity (Wildman–Crippen MR) is 74.7 cm³/mol. The maximum absolute atomic E-state index is 3.39. The molecule has 1 aliphatic rings. The van der Waals surface area contributed by atoms with Gasteiger partial charge in [-0.15, -0.1) is 0 Å². The summed E-state index contributed by atoms with van der Waals surface area (Å²) in [5.74, 6) is 0.698. The molecule has 17 heavy (non-hydrogen) atoms. The Labute approximate surface area is 106 Å². The van der Waals surface area contributed by atoms with Gasteiger partial charge in [0.25, 0.3) is 0 Å². The lowest BCUT2D eigenvalue weighted by Crippen LogP contribution is -2.27. The topological polar surface area (TPSA) is 12.0 Å². The van der Waals surface area contributed by atoms with Gasteiger partial charge >= 0.3 is 0 Å². The van der Waals surface area contributed by atoms with Gasteiger partial charge in [-0.2, -0.15) is 0 Å². The van der Waals surface area contributed by atoms with Gasteiger partial charge in [-0.05, 0) is 54.8 Å². The fourth-order valence-electron chi connectivity index (χ4n) is 2.84. The summed E-state index contributed by atoms with van der Waals surface area (Å²) < 4.78 is 0. The number of rotatable bonds is 2. The molecule has 1 heteroatoms. The lowest BCUT2D eigenvalue weighted by atomic mass is 9.84. The first-order chi connectivity index (χ1) is 7.93. The van der Waals surface area contributed by atoms with Crippen molar-refractivity contribution in [2.75, 3.05) is 7.05 Å². The highest BCUT2D eigenvalue weighted by atomic mass is 14.9. The van der Waals surface area contributed by atoms with Gasteiger partial charge in [0.1, 0.15) is 0 Å². The molecule has 0 aromatic heterocycles. The fourth-order valence-corrected chi connectivity index (χ4v) is 2.84. The SMILES string of the molecule is CNC(C)C1CCc2cc(C(C)(C)C)ccc21. The van der Waals surface area contributed by atoms with E-state index in [2.05, 4.69) is 58.3 Å². The van der Waals surface area contributed by atoms with Crippen LogP contribution >= 0.6 is 0 Å². The Bertz CT molecular complexity index is 400. The number of aryl methyl sites for hydroxylation is 1. The summed E-state index contributed by atoms with van der Waals surface area (Å²) in [7, 11) is 2.06. The van der Waals surface area contributed by atoms with Crippen LogP contribution in [0.3, 0.4) is 0 Å². The van der Waals surface area contributed by atoms with Crippen LogP contribution in [0.2, 0.25) is 0 Å². The second-order valence-electron chi connectivity index (χ2n) is 6.39. The molecule has 2 unspecified atom stereocenters. The molecule has 0 heterocycles. The first-order valence-electron chi connectivity index (χ1n) is 6.74. The Kier molecular flexibility index (Phi) is 3.31. The highest BCUT2D eigenvalue weighted by Crippen LogP contribution is 2.37. The van der Waals surface area contributed by atoms with Crippen molar-refractivity contribution in [3.05, 3.63) is 34.9 Å². The molecule has 0 saturated heterocycles. The maximum Gasteiger partial charge on any atom is 0.0105 e. The number of likely N-dealkylation sites (N-methyl/N-ethyl adjacent to an activating group) is 1. The van der Waals surface area contributed by atoms with E-state index in [0.717, 1.165) is 0 Å². The zero-order valence-corrected chi connectivity index (χ0v) is 11.8. The third kappa shape index (κ3) is 2.40. The zero-order chi connectivity index (χ0) is 12.6. The molecule has 1 aliphatic carbocycles. The van der Waals surface area contributed by atoms with E-state index >= 15 is 0 Å². The van der Waals surface area contributed by atoms with Crippen molar-refractivity contribution in [1.29, 1.82) is 0 Å². The molecule has 0 spiro atoms. The van der Waals surface area contributed by atoms with E-state index in [9.17, 15) is 0 Å². The van der Waals surface area contributed by atoms with Crippen LogP contribution in [-0.4, -0.2) is 13.1 Å². The van der Waals surface area contributed by atoms with Gasteiger partial charge < -0.3 is 5.32 Å². The summed E-state index contributed by atoms with van der Waals surface area (Å²) in [4.78, 5) is 0. The van der Waals surface area contributed by atoms with Crippen molar-refractivity contribution in [1.82, 2.24) is 5.32 Å². The van der Waals surface area contributed by atoms with Crippen molar-refractivity contribution in [3.63, 3.8) is 0 Å². The van der Waals surface area contributed by atoms with Crippen LogP contribution in [0, 0.1) is 0 Å². The van der Waals surface area contributed by atoms with Crippen molar-refractivity contribution in [2.45, 2.75) is 57.9 Å². The molecule has 1 nitrogen and oxygen atoms in total. The van der Waals surface area contributed by atoms with E-state index in [1.165, 1.54) is 18.4 Å². The molecule has 0 saturated carbocycles. The summed E-state index contributed by atoms with van der Waals surface area (Å²) in [6, 6.07) is 7.69. The van der Waals surface area contributed by atoms with Crippen LogP contribution in [0.15, 0.2) is 18.2 Å². The van der Waals surface area contributed by atoms with E-state index < -0.39 is 0 Å². The van der Waals surface area contributed by atoms with E-state index in [4.69, 9.17) is 0 Å². The number of hydrogen-bond acceptors (Lipinski definition) is 1. The molecule has 0 fully saturated rings. The Morgan fingerprint density at radius 2 is 2.00 bits per heavy atom. The molecule has 1 N–H and O–H groups in total. The molecule has 94 valence electrons. The number of nitrogens with one attached hydrogen (secondary N) is 1. The Morgan fingerprint density at radius 1 is 1.29 bits per heavy atom. The molecular weight excluding hydrogens is 206 g/mol. The van der Waals surface area contributed by atoms with E-state index in [-0.39, 0.29) is 5.41 Å². The number of hydrogen-bond donors (Lipinski definition) is 1. The average Bonchev–Trinajstić information content (AvgIpc) is 2.69. The van der Waals surface area contributed by atoms with Crippen LogP contribution in [0.1, 0.15) is 56.7 Å². The molecule has 0 aliphatic heterocycles. The number of fused-ring (bicyclic) bond motifs is 1. The highest BCUT2D eigenvalue weighted by molar-refractivity contribution is 5.41. The van der Waals surface area contributed by atoms with Crippen molar-refractivity contribution in [2.24, 2.45) is 0 Å². The third-order valence-corrected chi connectivity index (χ3v) is 4.19. The smallest absolute Gasteiger partial charge is 0.0105 e. The summed E-state index contributed by atoms with van der Waals surface area (Å²) in [6.45, 7) is 9.16. The minimum Gasteiger partial charge on any atom is -0.317 e. The minimum absolute atomic E-state index is 0.266. The quantitative estimate of drug-likeness (QED) is 0.819. The first kappa shape index (κ1) is 12.6.